The summed E-state index contributed by atoms with van der Waals surface area (Å²) in [5.41, 5.74) is 0.242. The molecule has 1 aromatic carbocycles. The van der Waals surface area contributed by atoms with Crippen LogP contribution in [-0.2, 0) is 0 Å². The van der Waals surface area contributed by atoms with Crippen LogP contribution in [-0.4, -0.2) is 11.4 Å². The molecule has 0 saturated heterocycles. The molecule has 1 amide bonds. The first-order chi connectivity index (χ1) is 8.52. The zero-order valence-electron chi connectivity index (χ0n) is 12.1. The lowest BCUT2D eigenvalue weighted by Crippen LogP contribution is -2.45. The van der Waals surface area contributed by atoms with Crippen molar-refractivity contribution in [3.63, 3.8) is 0 Å². The number of halogens is 2. The standard InChI is InChI=1S/C15H21Cl2NO/c1-14(2,3)9-15(4,5)18-13(19)10-7-6-8-11(16)12(10)17/h6-8H,9H2,1-5H3,(H,18,19). The van der Waals surface area contributed by atoms with Gasteiger partial charge in [0, 0.05) is 5.54 Å². The predicted molar refractivity (Wildman–Crippen MR) is 82.1 cm³/mol. The first-order valence-electron chi connectivity index (χ1n) is 6.28. The highest BCUT2D eigenvalue weighted by Gasteiger charge is 2.28. The van der Waals surface area contributed by atoms with Gasteiger partial charge in [0.2, 0.25) is 0 Å². The smallest absolute Gasteiger partial charge is 0.253 e. The molecular weight excluding hydrogens is 281 g/mol. The molecule has 106 valence electrons. The number of hydrogen-bond donors (Lipinski definition) is 1. The molecule has 2 nitrogen and oxygen atoms in total. The summed E-state index contributed by atoms with van der Waals surface area (Å²) in [5.74, 6) is -0.193. The number of carbonyl (C=O) groups is 1. The summed E-state index contributed by atoms with van der Waals surface area (Å²) in [4.78, 5) is 12.3. The Morgan fingerprint density at radius 3 is 2.26 bits per heavy atom. The van der Waals surface area contributed by atoms with E-state index in [0.717, 1.165) is 6.42 Å². The SMILES string of the molecule is CC(C)(C)CC(C)(C)NC(=O)c1cccc(Cl)c1Cl. The van der Waals surface area contributed by atoms with E-state index in [-0.39, 0.29) is 16.9 Å². The molecule has 0 aliphatic heterocycles. The average Bonchev–Trinajstić information content (AvgIpc) is 2.17. The largest absolute Gasteiger partial charge is 0.347 e. The van der Waals surface area contributed by atoms with E-state index in [1.807, 2.05) is 13.8 Å². The van der Waals surface area contributed by atoms with Crippen LogP contribution in [0.15, 0.2) is 18.2 Å². The second-order valence-electron chi connectivity index (χ2n) is 6.68. The molecule has 0 radical (unpaired) electrons. The van der Waals surface area contributed by atoms with Crippen molar-refractivity contribution in [2.24, 2.45) is 5.41 Å². The van der Waals surface area contributed by atoms with Crippen molar-refractivity contribution in [3.8, 4) is 0 Å². The van der Waals surface area contributed by atoms with Gasteiger partial charge in [0.1, 0.15) is 0 Å². The monoisotopic (exact) mass is 301 g/mol. The molecule has 0 atom stereocenters. The van der Waals surface area contributed by atoms with E-state index >= 15 is 0 Å². The summed E-state index contributed by atoms with van der Waals surface area (Å²) < 4.78 is 0. The van der Waals surface area contributed by atoms with Crippen LogP contribution in [0.4, 0.5) is 0 Å². The van der Waals surface area contributed by atoms with Crippen LogP contribution in [0.1, 0.15) is 51.4 Å². The van der Waals surface area contributed by atoms with Gasteiger partial charge in [-0.3, -0.25) is 4.79 Å². The van der Waals surface area contributed by atoms with Gasteiger partial charge in [-0.15, -0.1) is 0 Å². The van der Waals surface area contributed by atoms with Gasteiger partial charge in [0.25, 0.3) is 5.91 Å². The van der Waals surface area contributed by atoms with Crippen molar-refractivity contribution in [2.45, 2.75) is 46.6 Å². The van der Waals surface area contributed by atoms with E-state index in [4.69, 9.17) is 23.2 Å². The third kappa shape index (κ3) is 5.04. The summed E-state index contributed by atoms with van der Waals surface area (Å²) >= 11 is 12.0. The molecule has 0 saturated carbocycles. The summed E-state index contributed by atoms with van der Waals surface area (Å²) in [6.07, 6.45) is 0.865. The maximum Gasteiger partial charge on any atom is 0.253 e. The number of benzene rings is 1. The maximum absolute atomic E-state index is 12.3. The Kier molecular flexibility index (Phi) is 4.91. The Morgan fingerprint density at radius 1 is 1.16 bits per heavy atom. The molecule has 0 aliphatic rings. The molecule has 1 aromatic rings. The topological polar surface area (TPSA) is 29.1 Å². The van der Waals surface area contributed by atoms with Gasteiger partial charge in [0.05, 0.1) is 15.6 Å². The lowest BCUT2D eigenvalue weighted by atomic mass is 9.81. The van der Waals surface area contributed by atoms with Gasteiger partial charge in [-0.1, -0.05) is 50.0 Å². The predicted octanol–water partition coefficient (Wildman–Crippen LogP) is 4.94. The van der Waals surface area contributed by atoms with Crippen molar-refractivity contribution in [1.82, 2.24) is 5.32 Å². The second kappa shape index (κ2) is 5.72. The molecule has 1 rings (SSSR count). The molecule has 4 heteroatoms. The summed E-state index contributed by atoms with van der Waals surface area (Å²) in [7, 11) is 0. The van der Waals surface area contributed by atoms with Crippen LogP contribution in [0.5, 0.6) is 0 Å². The third-order valence-electron chi connectivity index (χ3n) is 2.62. The Hall–Kier alpha value is -0.730. The molecule has 0 spiro atoms. The van der Waals surface area contributed by atoms with Crippen LogP contribution in [0.3, 0.4) is 0 Å². The molecule has 0 heterocycles. The van der Waals surface area contributed by atoms with E-state index in [2.05, 4.69) is 26.1 Å². The zero-order valence-corrected chi connectivity index (χ0v) is 13.6. The minimum Gasteiger partial charge on any atom is -0.347 e. The van der Waals surface area contributed by atoms with Gasteiger partial charge in [-0.05, 0) is 37.8 Å². The average molecular weight is 302 g/mol. The first kappa shape index (κ1) is 16.3. The minimum absolute atomic E-state index is 0.134. The Labute approximate surface area is 125 Å². The molecule has 0 bridgehead atoms. The fourth-order valence-electron chi connectivity index (χ4n) is 2.42. The Balaban J connectivity index is 2.88. The van der Waals surface area contributed by atoms with Crippen molar-refractivity contribution in [2.75, 3.05) is 0 Å². The van der Waals surface area contributed by atoms with Crippen LogP contribution in [0, 0.1) is 5.41 Å². The number of rotatable bonds is 3. The lowest BCUT2D eigenvalue weighted by molar-refractivity contribution is 0.0891. The lowest BCUT2D eigenvalue weighted by Gasteiger charge is -2.33. The fraction of sp³-hybridized carbons (Fsp3) is 0.533. The summed E-state index contributed by atoms with van der Waals surface area (Å²) in [6.45, 7) is 10.5. The summed E-state index contributed by atoms with van der Waals surface area (Å²) in [5, 5.41) is 3.71. The van der Waals surface area contributed by atoms with Crippen molar-refractivity contribution >= 4 is 29.1 Å². The molecule has 0 unspecified atom stereocenters. The van der Waals surface area contributed by atoms with Crippen LogP contribution >= 0.6 is 23.2 Å². The number of nitrogens with one attached hydrogen (secondary N) is 1. The fourth-order valence-corrected chi connectivity index (χ4v) is 2.81. The highest BCUT2D eigenvalue weighted by Crippen LogP contribution is 2.29. The van der Waals surface area contributed by atoms with Crippen molar-refractivity contribution in [1.29, 1.82) is 0 Å². The van der Waals surface area contributed by atoms with Gasteiger partial charge < -0.3 is 5.32 Å². The van der Waals surface area contributed by atoms with Crippen LogP contribution in [0.2, 0.25) is 10.0 Å². The first-order valence-corrected chi connectivity index (χ1v) is 7.04. The van der Waals surface area contributed by atoms with Gasteiger partial charge in [-0.2, -0.15) is 0 Å². The second-order valence-corrected chi connectivity index (χ2v) is 7.46. The zero-order chi connectivity index (χ0) is 14.8. The van der Waals surface area contributed by atoms with Crippen LogP contribution < -0.4 is 5.32 Å². The van der Waals surface area contributed by atoms with E-state index in [1.165, 1.54) is 0 Å². The maximum atomic E-state index is 12.3. The molecule has 1 N–H and O–H groups in total. The van der Waals surface area contributed by atoms with Gasteiger partial charge >= 0.3 is 0 Å². The van der Waals surface area contributed by atoms with Gasteiger partial charge in [0.15, 0.2) is 0 Å². The highest BCUT2D eigenvalue weighted by molar-refractivity contribution is 6.43. The molecule has 0 aliphatic carbocycles. The molecule has 0 aromatic heterocycles. The van der Waals surface area contributed by atoms with Gasteiger partial charge in [-0.25, -0.2) is 0 Å². The third-order valence-corrected chi connectivity index (χ3v) is 3.44. The van der Waals surface area contributed by atoms with E-state index in [9.17, 15) is 4.79 Å². The summed E-state index contributed by atoms with van der Waals surface area (Å²) in [6, 6.07) is 5.07. The Morgan fingerprint density at radius 2 is 1.74 bits per heavy atom. The molecule has 0 fully saturated rings. The van der Waals surface area contributed by atoms with E-state index < -0.39 is 0 Å². The Bertz CT molecular complexity index is 476. The van der Waals surface area contributed by atoms with E-state index in [1.54, 1.807) is 18.2 Å². The van der Waals surface area contributed by atoms with Crippen molar-refractivity contribution < 1.29 is 4.79 Å². The van der Waals surface area contributed by atoms with Crippen molar-refractivity contribution in [3.05, 3.63) is 33.8 Å². The molecular formula is C15H21Cl2NO. The number of hydrogen-bond acceptors (Lipinski definition) is 1. The van der Waals surface area contributed by atoms with Crippen LogP contribution in [0.25, 0.3) is 0 Å². The normalized spacial score (nSPS) is 12.4. The molecule has 19 heavy (non-hydrogen) atoms. The minimum atomic E-state index is -0.305. The highest BCUT2D eigenvalue weighted by atomic mass is 35.5. The quantitative estimate of drug-likeness (QED) is 0.842. The number of carbonyl (C=O) groups excluding carboxylic acids is 1. The number of amides is 1. The van der Waals surface area contributed by atoms with E-state index in [0.29, 0.717) is 15.6 Å².